The van der Waals surface area contributed by atoms with Crippen LogP contribution >= 0.6 is 0 Å². The average molecular weight is 428 g/mol. The van der Waals surface area contributed by atoms with Crippen LogP contribution in [0.15, 0.2) is 78.3 Å². The summed E-state index contributed by atoms with van der Waals surface area (Å²) >= 11 is 0. The molecular formula is C23H20N6O3. The van der Waals surface area contributed by atoms with E-state index in [-0.39, 0.29) is 13.2 Å². The molecule has 0 aliphatic carbocycles. The highest BCUT2D eigenvalue weighted by molar-refractivity contribution is 5.63. The number of benzene rings is 1. The lowest BCUT2D eigenvalue weighted by Gasteiger charge is -2.08. The Kier molecular flexibility index (Phi) is 5.46. The van der Waals surface area contributed by atoms with Crippen molar-refractivity contribution in [1.82, 2.24) is 24.3 Å². The highest BCUT2D eigenvalue weighted by Gasteiger charge is 2.10. The predicted molar refractivity (Wildman–Crippen MR) is 118 cm³/mol. The van der Waals surface area contributed by atoms with Crippen molar-refractivity contribution >= 4 is 11.5 Å². The van der Waals surface area contributed by atoms with Gasteiger partial charge in [0.1, 0.15) is 42.1 Å². The van der Waals surface area contributed by atoms with Crippen LogP contribution in [0.5, 0.6) is 5.75 Å². The van der Waals surface area contributed by atoms with Gasteiger partial charge < -0.3 is 19.6 Å². The summed E-state index contributed by atoms with van der Waals surface area (Å²) in [7, 11) is 0. The number of hydrogen-bond donors (Lipinski definition) is 2. The summed E-state index contributed by atoms with van der Waals surface area (Å²) < 4.78 is 12.4. The number of oxazole rings is 1. The van der Waals surface area contributed by atoms with E-state index in [9.17, 15) is 0 Å². The second-order valence-electron chi connectivity index (χ2n) is 7.02. The molecule has 9 nitrogen and oxygen atoms in total. The number of aliphatic hydroxyl groups is 1. The smallest absolute Gasteiger partial charge is 0.181 e. The first-order chi connectivity index (χ1) is 15.8. The first kappa shape index (κ1) is 19.7. The Morgan fingerprint density at radius 2 is 1.91 bits per heavy atom. The van der Waals surface area contributed by atoms with E-state index in [1.54, 1.807) is 12.5 Å². The first-order valence-electron chi connectivity index (χ1n) is 10.0. The maximum absolute atomic E-state index is 8.92. The first-order valence-corrected chi connectivity index (χ1v) is 10.0. The van der Waals surface area contributed by atoms with Crippen molar-refractivity contribution in [2.24, 2.45) is 0 Å². The Morgan fingerprint density at radius 3 is 2.72 bits per heavy atom. The number of fused-ring (bicyclic) bond motifs is 1. The van der Waals surface area contributed by atoms with Crippen LogP contribution in [0.1, 0.15) is 5.56 Å². The molecular weight excluding hydrogens is 408 g/mol. The quantitative estimate of drug-likeness (QED) is 0.387. The Labute approximate surface area is 183 Å². The summed E-state index contributed by atoms with van der Waals surface area (Å²) in [5.74, 6) is 1.37. The molecule has 0 saturated heterocycles. The molecule has 0 amide bonds. The number of nitrogens with zero attached hydrogens (tertiary/aromatic N) is 5. The molecule has 0 aliphatic heterocycles. The van der Waals surface area contributed by atoms with E-state index in [4.69, 9.17) is 14.3 Å². The fourth-order valence-electron chi connectivity index (χ4n) is 3.34. The molecule has 4 aromatic heterocycles. The summed E-state index contributed by atoms with van der Waals surface area (Å²) in [6.07, 6.45) is 8.21. The van der Waals surface area contributed by atoms with E-state index >= 15 is 0 Å². The summed E-state index contributed by atoms with van der Waals surface area (Å²) in [6, 6.07) is 13.6. The fraction of sp³-hybridized carbons (Fsp3) is 0.130. The number of aliphatic hydroxyl groups excluding tert-OH is 1. The highest BCUT2D eigenvalue weighted by Crippen LogP contribution is 2.23. The zero-order valence-electron chi connectivity index (χ0n) is 17.0. The minimum Gasteiger partial charge on any atom is -0.491 e. The Bertz CT molecular complexity index is 1320. The van der Waals surface area contributed by atoms with Crippen LogP contribution in [0.3, 0.4) is 0 Å². The van der Waals surface area contributed by atoms with E-state index in [0.29, 0.717) is 18.1 Å². The second-order valence-corrected chi connectivity index (χ2v) is 7.02. The Morgan fingerprint density at radius 1 is 1.00 bits per heavy atom. The number of pyridine rings is 1. The maximum atomic E-state index is 8.92. The van der Waals surface area contributed by atoms with Gasteiger partial charge in [-0.05, 0) is 11.6 Å². The van der Waals surface area contributed by atoms with E-state index < -0.39 is 0 Å². The molecule has 5 aromatic rings. The number of anilines is 1. The van der Waals surface area contributed by atoms with Gasteiger partial charge in [0.2, 0.25) is 0 Å². The van der Waals surface area contributed by atoms with Crippen molar-refractivity contribution in [3.8, 4) is 28.4 Å². The van der Waals surface area contributed by atoms with Gasteiger partial charge in [0, 0.05) is 30.4 Å². The molecule has 0 radical (unpaired) electrons. The van der Waals surface area contributed by atoms with Gasteiger partial charge in [0.15, 0.2) is 6.39 Å². The molecule has 0 atom stereocenters. The highest BCUT2D eigenvalue weighted by atomic mass is 16.5. The van der Waals surface area contributed by atoms with E-state index in [2.05, 4.69) is 25.3 Å². The maximum Gasteiger partial charge on any atom is 0.181 e. The molecule has 0 bridgehead atoms. The largest absolute Gasteiger partial charge is 0.491 e. The van der Waals surface area contributed by atoms with Gasteiger partial charge in [-0.1, -0.05) is 24.3 Å². The average Bonchev–Trinajstić information content (AvgIpc) is 3.52. The van der Waals surface area contributed by atoms with Crippen LogP contribution < -0.4 is 10.1 Å². The van der Waals surface area contributed by atoms with Crippen molar-refractivity contribution in [2.45, 2.75) is 6.54 Å². The van der Waals surface area contributed by atoms with Crippen molar-refractivity contribution < 1.29 is 14.3 Å². The lowest BCUT2D eigenvalue weighted by Crippen LogP contribution is -2.03. The lowest BCUT2D eigenvalue weighted by atomic mass is 10.1. The number of nitrogens with one attached hydrogen (secondary N) is 1. The number of hydrogen-bond acceptors (Lipinski definition) is 8. The zero-order valence-corrected chi connectivity index (χ0v) is 17.0. The summed E-state index contributed by atoms with van der Waals surface area (Å²) in [4.78, 5) is 17.3. The van der Waals surface area contributed by atoms with E-state index in [1.807, 2.05) is 53.1 Å². The fourth-order valence-corrected chi connectivity index (χ4v) is 3.34. The molecule has 0 spiro atoms. The zero-order chi connectivity index (χ0) is 21.8. The van der Waals surface area contributed by atoms with Crippen molar-refractivity contribution in [1.29, 1.82) is 0 Å². The summed E-state index contributed by atoms with van der Waals surface area (Å²) in [5, 5.41) is 12.3. The molecule has 1 aromatic carbocycles. The third-order valence-electron chi connectivity index (χ3n) is 4.93. The monoisotopic (exact) mass is 428 g/mol. The summed E-state index contributed by atoms with van der Waals surface area (Å²) in [6.45, 7) is 0.829. The minimum atomic E-state index is -0.0344. The number of aromatic nitrogens is 5. The Hall–Kier alpha value is -4.24. The van der Waals surface area contributed by atoms with Crippen LogP contribution in [0.2, 0.25) is 0 Å². The van der Waals surface area contributed by atoms with Gasteiger partial charge in [0.25, 0.3) is 0 Å². The van der Waals surface area contributed by atoms with Crippen LogP contribution in [0.4, 0.5) is 5.82 Å². The van der Waals surface area contributed by atoms with Crippen molar-refractivity contribution in [3.05, 3.63) is 79.4 Å². The molecule has 0 aliphatic rings. The van der Waals surface area contributed by atoms with Gasteiger partial charge in [-0.25, -0.2) is 19.9 Å². The number of ether oxygens (including phenoxy) is 1. The van der Waals surface area contributed by atoms with Crippen molar-refractivity contribution in [3.63, 3.8) is 0 Å². The predicted octanol–water partition coefficient (Wildman–Crippen LogP) is 3.43. The number of rotatable bonds is 8. The molecule has 9 heteroatoms. The molecule has 0 saturated carbocycles. The third kappa shape index (κ3) is 4.14. The SMILES string of the molecule is OCCOc1ccn2c(-c3cc(NCc4ccc(-c5cocn5)cc4)ncn3)cnc2c1. The van der Waals surface area contributed by atoms with Crippen LogP contribution in [0.25, 0.3) is 28.3 Å². The lowest BCUT2D eigenvalue weighted by molar-refractivity contribution is 0.201. The molecule has 0 unspecified atom stereocenters. The van der Waals surface area contributed by atoms with Gasteiger partial charge in [-0.15, -0.1) is 0 Å². The third-order valence-corrected chi connectivity index (χ3v) is 4.93. The van der Waals surface area contributed by atoms with Crippen molar-refractivity contribution in [2.75, 3.05) is 18.5 Å². The normalized spacial score (nSPS) is 11.0. The molecule has 5 rings (SSSR count). The molecule has 4 heterocycles. The molecule has 2 N–H and O–H groups in total. The molecule has 32 heavy (non-hydrogen) atoms. The van der Waals surface area contributed by atoms with Gasteiger partial charge >= 0.3 is 0 Å². The van der Waals surface area contributed by atoms with Crippen LogP contribution in [-0.2, 0) is 6.54 Å². The summed E-state index contributed by atoms with van der Waals surface area (Å²) in [5.41, 5.74) is 5.25. The second kappa shape index (κ2) is 8.86. The van der Waals surface area contributed by atoms with Gasteiger partial charge in [-0.3, -0.25) is 4.40 Å². The van der Waals surface area contributed by atoms with Gasteiger partial charge in [0.05, 0.1) is 24.2 Å². The molecule has 160 valence electrons. The Balaban J connectivity index is 1.30. The minimum absolute atomic E-state index is 0.0344. The number of imidazole rings is 1. The van der Waals surface area contributed by atoms with Crippen LogP contribution in [0, 0.1) is 0 Å². The molecule has 0 fully saturated rings. The van der Waals surface area contributed by atoms with E-state index in [0.717, 1.165) is 33.9 Å². The van der Waals surface area contributed by atoms with Gasteiger partial charge in [-0.2, -0.15) is 0 Å². The topological polar surface area (TPSA) is 111 Å². The van der Waals surface area contributed by atoms with E-state index in [1.165, 1.54) is 12.7 Å². The van der Waals surface area contributed by atoms with Crippen LogP contribution in [-0.4, -0.2) is 42.7 Å². The standard InChI is InChI=1S/C23H20N6O3/c30-7-8-32-18-5-6-29-21(12-25-23(29)9-18)19-10-22(27-14-26-19)24-11-16-1-3-17(4-2-16)20-13-31-15-28-20/h1-6,9-10,12-15,30H,7-8,11H2,(H,24,26,27).